The van der Waals surface area contributed by atoms with Gasteiger partial charge in [0.25, 0.3) is 5.22 Å². The third-order valence-corrected chi connectivity index (χ3v) is 8.79. The van der Waals surface area contributed by atoms with Gasteiger partial charge >= 0.3 is 0 Å². The molecule has 4 rings (SSSR count). The highest BCUT2D eigenvalue weighted by Gasteiger charge is 2.42. The number of aromatic nitrogens is 1. The van der Waals surface area contributed by atoms with Crippen molar-refractivity contribution in [2.75, 3.05) is 11.5 Å². The summed E-state index contributed by atoms with van der Waals surface area (Å²) in [6.07, 6.45) is 5.24. The van der Waals surface area contributed by atoms with Gasteiger partial charge in [0.1, 0.15) is 5.52 Å². The summed E-state index contributed by atoms with van der Waals surface area (Å²) in [6.45, 7) is 3.73. The van der Waals surface area contributed by atoms with Crippen LogP contribution < -0.4 is 5.32 Å². The van der Waals surface area contributed by atoms with E-state index in [2.05, 4.69) is 17.2 Å². The maximum absolute atomic E-state index is 12.3. The van der Waals surface area contributed by atoms with E-state index in [0.29, 0.717) is 22.2 Å². The van der Waals surface area contributed by atoms with E-state index in [-0.39, 0.29) is 28.4 Å². The number of sulfone groups is 1. The number of nitrogens with one attached hydrogen (secondary N) is 1. The van der Waals surface area contributed by atoms with Crippen LogP contribution in [0.1, 0.15) is 39.5 Å². The van der Waals surface area contributed by atoms with Crippen LogP contribution in [-0.2, 0) is 14.6 Å². The molecule has 2 bridgehead atoms. The Labute approximate surface area is 169 Å². The molecule has 0 spiro atoms. The second-order valence-electron chi connectivity index (χ2n) is 8.00. The molecule has 2 saturated carbocycles. The van der Waals surface area contributed by atoms with E-state index in [1.807, 2.05) is 0 Å². The molecule has 0 aliphatic heterocycles. The molecule has 1 amide bonds. The maximum atomic E-state index is 12.3. The van der Waals surface area contributed by atoms with E-state index in [9.17, 15) is 13.2 Å². The van der Waals surface area contributed by atoms with Crippen molar-refractivity contribution < 1.29 is 17.6 Å². The molecule has 2 fully saturated rings. The lowest BCUT2D eigenvalue weighted by Gasteiger charge is -2.28. The van der Waals surface area contributed by atoms with Gasteiger partial charge in [0.05, 0.1) is 16.4 Å². The summed E-state index contributed by atoms with van der Waals surface area (Å²) in [5, 5.41) is 3.52. The van der Waals surface area contributed by atoms with E-state index in [1.165, 1.54) is 49.6 Å². The first-order valence-electron chi connectivity index (χ1n) is 9.91. The number of hydrogen-bond donors (Lipinski definition) is 1. The third kappa shape index (κ3) is 3.94. The van der Waals surface area contributed by atoms with Crippen LogP contribution in [0.3, 0.4) is 0 Å². The quantitative estimate of drug-likeness (QED) is 0.685. The van der Waals surface area contributed by atoms with Gasteiger partial charge in [-0.15, -0.1) is 0 Å². The fourth-order valence-corrected chi connectivity index (χ4v) is 6.29. The first kappa shape index (κ1) is 19.8. The van der Waals surface area contributed by atoms with Crippen LogP contribution in [0.25, 0.3) is 11.1 Å². The van der Waals surface area contributed by atoms with Crippen molar-refractivity contribution in [2.24, 2.45) is 17.8 Å². The highest BCUT2D eigenvalue weighted by atomic mass is 32.2. The molecule has 2 aliphatic rings. The van der Waals surface area contributed by atoms with Crippen molar-refractivity contribution in [3.8, 4) is 0 Å². The highest BCUT2D eigenvalue weighted by molar-refractivity contribution is 7.99. The number of rotatable bonds is 7. The van der Waals surface area contributed by atoms with Gasteiger partial charge in [0, 0.05) is 6.04 Å². The van der Waals surface area contributed by atoms with E-state index in [4.69, 9.17) is 4.42 Å². The smallest absolute Gasteiger partial charge is 0.257 e. The van der Waals surface area contributed by atoms with Gasteiger partial charge < -0.3 is 9.73 Å². The molecular formula is C20H26N2O4S2. The maximum Gasteiger partial charge on any atom is 0.257 e. The number of fused-ring (bicyclic) bond motifs is 3. The zero-order valence-electron chi connectivity index (χ0n) is 16.2. The monoisotopic (exact) mass is 422 g/mol. The molecular weight excluding hydrogens is 396 g/mol. The van der Waals surface area contributed by atoms with Crippen molar-refractivity contribution in [3.05, 3.63) is 18.2 Å². The Kier molecular flexibility index (Phi) is 5.44. The highest BCUT2D eigenvalue weighted by Crippen LogP contribution is 2.49. The third-order valence-electron chi connectivity index (χ3n) is 6.23. The molecule has 1 heterocycles. The van der Waals surface area contributed by atoms with Crippen LogP contribution in [-0.4, -0.2) is 36.9 Å². The summed E-state index contributed by atoms with van der Waals surface area (Å²) in [7, 11) is -3.28. The molecule has 152 valence electrons. The molecule has 2 aromatic rings. The minimum Gasteiger partial charge on any atom is -0.431 e. The Morgan fingerprint density at radius 1 is 1.36 bits per heavy atom. The normalized spacial score (nSPS) is 25.3. The van der Waals surface area contributed by atoms with Gasteiger partial charge in [-0.2, -0.15) is 0 Å². The van der Waals surface area contributed by atoms with Crippen LogP contribution in [0.4, 0.5) is 0 Å². The van der Waals surface area contributed by atoms with Crippen molar-refractivity contribution in [3.63, 3.8) is 0 Å². The van der Waals surface area contributed by atoms with Crippen molar-refractivity contribution >= 4 is 38.6 Å². The molecule has 0 unspecified atom stereocenters. The molecule has 1 aromatic carbocycles. The molecule has 8 heteroatoms. The van der Waals surface area contributed by atoms with Crippen molar-refractivity contribution in [1.82, 2.24) is 10.3 Å². The van der Waals surface area contributed by atoms with E-state index < -0.39 is 9.84 Å². The number of carbonyl (C=O) groups is 1. The lowest BCUT2D eigenvalue weighted by atomic mass is 9.84. The van der Waals surface area contributed by atoms with Crippen molar-refractivity contribution in [2.45, 2.75) is 55.7 Å². The Morgan fingerprint density at radius 2 is 2.18 bits per heavy atom. The summed E-state index contributed by atoms with van der Waals surface area (Å²) in [5.41, 5.74) is 1.01. The fraction of sp³-hybridized carbons (Fsp3) is 0.600. The number of hydrogen-bond acceptors (Lipinski definition) is 6. The van der Waals surface area contributed by atoms with Gasteiger partial charge in [-0.25, -0.2) is 13.4 Å². The lowest BCUT2D eigenvalue weighted by Crippen LogP contribution is -2.40. The molecule has 4 atom stereocenters. The van der Waals surface area contributed by atoms with Gasteiger partial charge in [-0.3, -0.25) is 4.79 Å². The minimum atomic E-state index is -3.28. The van der Waals surface area contributed by atoms with Gasteiger partial charge in [0.15, 0.2) is 15.4 Å². The molecule has 1 aromatic heterocycles. The summed E-state index contributed by atoms with van der Waals surface area (Å²) in [5.74, 6) is 2.51. The Morgan fingerprint density at radius 3 is 2.86 bits per heavy atom. The van der Waals surface area contributed by atoms with Crippen molar-refractivity contribution in [1.29, 1.82) is 0 Å². The van der Waals surface area contributed by atoms with Crippen LogP contribution in [0.2, 0.25) is 0 Å². The van der Waals surface area contributed by atoms with E-state index in [0.717, 1.165) is 11.8 Å². The average Bonchev–Trinajstić information content (AvgIpc) is 3.40. The predicted molar refractivity (Wildman–Crippen MR) is 109 cm³/mol. The lowest BCUT2D eigenvalue weighted by molar-refractivity contribution is -0.119. The Hall–Kier alpha value is -1.54. The SMILES string of the molecule is CCS(=O)(=O)c1ccc2oc(SCC(=O)N[C@H](C)[C@@H]3C[C@H]4CC[C@@H]3C4)nc2c1. The van der Waals surface area contributed by atoms with Crippen LogP contribution in [0.5, 0.6) is 0 Å². The number of nitrogens with zero attached hydrogens (tertiary/aromatic N) is 1. The van der Waals surface area contributed by atoms with Gasteiger partial charge in [-0.1, -0.05) is 25.1 Å². The molecule has 1 N–H and O–H groups in total. The Balaban J connectivity index is 1.35. The second-order valence-corrected chi connectivity index (χ2v) is 11.2. The number of amides is 1. The number of benzene rings is 1. The van der Waals surface area contributed by atoms with Gasteiger partial charge in [-0.05, 0) is 62.1 Å². The van der Waals surface area contributed by atoms with Crippen LogP contribution in [0, 0.1) is 17.8 Å². The summed E-state index contributed by atoms with van der Waals surface area (Å²) in [4.78, 5) is 16.9. The average molecular weight is 423 g/mol. The second kappa shape index (κ2) is 7.71. The predicted octanol–water partition coefficient (Wildman–Crippen LogP) is 3.65. The number of oxazole rings is 1. The molecule has 0 saturated heterocycles. The molecule has 2 aliphatic carbocycles. The molecule has 28 heavy (non-hydrogen) atoms. The summed E-state index contributed by atoms with van der Waals surface area (Å²) in [6, 6.07) is 4.88. The standard InChI is InChI=1S/C20H26N2O4S2/c1-3-28(24,25)15-6-7-18-17(10-15)22-20(26-18)27-11-19(23)21-12(2)16-9-13-4-5-14(16)8-13/h6-7,10,12-14,16H,3-5,8-9,11H2,1-2H3,(H,21,23)/t12-,13+,14-,16+/m1/s1. The zero-order valence-corrected chi connectivity index (χ0v) is 17.8. The topological polar surface area (TPSA) is 89.3 Å². The van der Waals surface area contributed by atoms with Crippen LogP contribution >= 0.6 is 11.8 Å². The number of carbonyl (C=O) groups excluding carboxylic acids is 1. The summed E-state index contributed by atoms with van der Waals surface area (Å²) >= 11 is 1.23. The van der Waals surface area contributed by atoms with Gasteiger partial charge in [0.2, 0.25) is 5.91 Å². The van der Waals surface area contributed by atoms with Crippen LogP contribution in [0.15, 0.2) is 32.7 Å². The van der Waals surface area contributed by atoms with E-state index in [1.54, 1.807) is 13.0 Å². The molecule has 0 radical (unpaired) electrons. The number of thioether (sulfide) groups is 1. The largest absolute Gasteiger partial charge is 0.431 e. The summed E-state index contributed by atoms with van der Waals surface area (Å²) < 4.78 is 29.7. The molecule has 6 nitrogen and oxygen atoms in total. The first-order chi connectivity index (χ1) is 13.4. The fourth-order valence-electron chi connectivity index (χ4n) is 4.74. The minimum absolute atomic E-state index is 0.0169. The Bertz CT molecular complexity index is 985. The first-order valence-corrected chi connectivity index (χ1v) is 12.5. The van der Waals surface area contributed by atoms with E-state index >= 15 is 0 Å². The zero-order chi connectivity index (χ0) is 19.9.